The van der Waals surface area contributed by atoms with E-state index >= 15 is 0 Å². The molecule has 2 atom stereocenters. The van der Waals surface area contributed by atoms with Crippen molar-refractivity contribution in [2.24, 2.45) is 0 Å². The molecule has 1 aliphatic heterocycles. The topological polar surface area (TPSA) is 52.6 Å². The van der Waals surface area contributed by atoms with Crippen LogP contribution in [0.5, 0.6) is 5.75 Å². The van der Waals surface area contributed by atoms with E-state index in [0.717, 1.165) is 0 Å². The van der Waals surface area contributed by atoms with Gasteiger partial charge in [-0.3, -0.25) is 4.79 Å². The first-order valence-corrected chi connectivity index (χ1v) is 6.80. The molecule has 1 aromatic rings. The van der Waals surface area contributed by atoms with Crippen LogP contribution in [0.15, 0.2) is 22.7 Å². The standard InChI is InChI=1S/C13H17BrN2O2/c1-8-6-16(7-9(2)15-8)13(18)10-3-4-11(14)12(17)5-10/h3-5,8-9,15,17H,6-7H2,1-2H3. The number of rotatable bonds is 1. The summed E-state index contributed by atoms with van der Waals surface area (Å²) in [6.45, 7) is 5.52. The maximum atomic E-state index is 12.3. The van der Waals surface area contributed by atoms with Gasteiger partial charge in [-0.15, -0.1) is 0 Å². The minimum atomic E-state index is -0.0296. The fraction of sp³-hybridized carbons (Fsp3) is 0.462. The summed E-state index contributed by atoms with van der Waals surface area (Å²) in [5, 5.41) is 13.0. The highest BCUT2D eigenvalue weighted by Crippen LogP contribution is 2.25. The lowest BCUT2D eigenvalue weighted by molar-refractivity contribution is 0.0673. The third-order valence-corrected chi connectivity index (χ3v) is 3.71. The minimum Gasteiger partial charge on any atom is -0.507 e. The van der Waals surface area contributed by atoms with Crippen molar-refractivity contribution in [2.45, 2.75) is 25.9 Å². The number of hydrogen-bond donors (Lipinski definition) is 2. The Labute approximate surface area is 115 Å². The number of aromatic hydroxyl groups is 1. The third-order valence-electron chi connectivity index (χ3n) is 3.04. The third kappa shape index (κ3) is 2.84. The van der Waals surface area contributed by atoms with Gasteiger partial charge in [0, 0.05) is 30.7 Å². The minimum absolute atomic E-state index is 0.0296. The molecule has 2 N–H and O–H groups in total. The molecule has 2 unspecified atom stereocenters. The Bertz CT molecular complexity index is 454. The number of nitrogens with zero attached hydrogens (tertiary/aromatic N) is 1. The van der Waals surface area contributed by atoms with Gasteiger partial charge in [-0.25, -0.2) is 0 Å². The Morgan fingerprint density at radius 3 is 2.56 bits per heavy atom. The zero-order valence-corrected chi connectivity index (χ0v) is 12.1. The molecule has 0 aromatic heterocycles. The summed E-state index contributed by atoms with van der Waals surface area (Å²) in [7, 11) is 0. The molecule has 4 nitrogen and oxygen atoms in total. The molecular formula is C13H17BrN2O2. The molecular weight excluding hydrogens is 296 g/mol. The first-order valence-electron chi connectivity index (χ1n) is 6.01. The molecule has 5 heteroatoms. The van der Waals surface area contributed by atoms with Crippen molar-refractivity contribution in [3.63, 3.8) is 0 Å². The second kappa shape index (κ2) is 5.28. The Morgan fingerprint density at radius 1 is 1.39 bits per heavy atom. The van der Waals surface area contributed by atoms with Crippen LogP contribution in [0.25, 0.3) is 0 Å². The molecule has 98 valence electrons. The van der Waals surface area contributed by atoms with Gasteiger partial charge in [0.1, 0.15) is 5.75 Å². The zero-order valence-electron chi connectivity index (χ0n) is 10.5. The van der Waals surface area contributed by atoms with Crippen molar-refractivity contribution in [3.05, 3.63) is 28.2 Å². The van der Waals surface area contributed by atoms with Crippen molar-refractivity contribution >= 4 is 21.8 Å². The number of phenolic OH excluding ortho intramolecular Hbond substituents is 1. The number of halogens is 1. The number of carbonyl (C=O) groups excluding carboxylic acids is 1. The van der Waals surface area contributed by atoms with Gasteiger partial charge in [0.25, 0.3) is 5.91 Å². The summed E-state index contributed by atoms with van der Waals surface area (Å²) in [6.07, 6.45) is 0. The highest BCUT2D eigenvalue weighted by Gasteiger charge is 2.25. The summed E-state index contributed by atoms with van der Waals surface area (Å²) in [4.78, 5) is 14.2. The van der Waals surface area contributed by atoms with Gasteiger partial charge in [0.05, 0.1) is 4.47 Å². The quantitative estimate of drug-likeness (QED) is 0.833. The van der Waals surface area contributed by atoms with E-state index in [1.807, 2.05) is 4.90 Å². The molecule has 1 aliphatic rings. The number of nitrogens with one attached hydrogen (secondary N) is 1. The van der Waals surface area contributed by atoms with Gasteiger partial charge in [-0.05, 0) is 48.0 Å². The lowest BCUT2D eigenvalue weighted by Gasteiger charge is -2.36. The fourth-order valence-corrected chi connectivity index (χ4v) is 2.57. The molecule has 18 heavy (non-hydrogen) atoms. The van der Waals surface area contributed by atoms with Gasteiger partial charge in [0.2, 0.25) is 0 Å². The maximum absolute atomic E-state index is 12.3. The zero-order chi connectivity index (χ0) is 13.3. The van der Waals surface area contributed by atoms with E-state index in [-0.39, 0.29) is 11.7 Å². The van der Waals surface area contributed by atoms with Gasteiger partial charge >= 0.3 is 0 Å². The predicted octanol–water partition coefficient (Wildman–Crippen LogP) is 1.98. The first-order chi connectivity index (χ1) is 8.47. The van der Waals surface area contributed by atoms with Gasteiger partial charge in [0.15, 0.2) is 0 Å². The second-order valence-electron chi connectivity index (χ2n) is 4.85. The van der Waals surface area contributed by atoms with Crippen LogP contribution in [-0.2, 0) is 0 Å². The van der Waals surface area contributed by atoms with Crippen molar-refractivity contribution < 1.29 is 9.90 Å². The SMILES string of the molecule is CC1CN(C(=O)c2ccc(Br)c(O)c2)CC(C)N1. The van der Waals surface area contributed by atoms with Gasteiger partial charge < -0.3 is 15.3 Å². The Kier molecular flexibility index (Phi) is 3.92. The van der Waals surface area contributed by atoms with E-state index in [0.29, 0.717) is 35.2 Å². The smallest absolute Gasteiger partial charge is 0.254 e. The van der Waals surface area contributed by atoms with E-state index in [4.69, 9.17) is 0 Å². The van der Waals surface area contributed by atoms with Crippen molar-refractivity contribution in [2.75, 3.05) is 13.1 Å². The molecule has 0 saturated carbocycles. The number of hydrogen-bond acceptors (Lipinski definition) is 3. The largest absolute Gasteiger partial charge is 0.507 e. The van der Waals surface area contributed by atoms with Crippen molar-refractivity contribution in [1.82, 2.24) is 10.2 Å². The molecule has 1 amide bonds. The average Bonchev–Trinajstić information content (AvgIpc) is 2.30. The number of benzene rings is 1. The Morgan fingerprint density at radius 2 is 2.00 bits per heavy atom. The number of amides is 1. The lowest BCUT2D eigenvalue weighted by atomic mass is 10.1. The Hall–Kier alpha value is -1.07. The van der Waals surface area contributed by atoms with E-state index in [2.05, 4.69) is 35.1 Å². The van der Waals surface area contributed by atoms with E-state index < -0.39 is 0 Å². The van der Waals surface area contributed by atoms with Crippen LogP contribution in [0.1, 0.15) is 24.2 Å². The summed E-state index contributed by atoms with van der Waals surface area (Å²) in [6, 6.07) is 5.51. The average molecular weight is 313 g/mol. The summed E-state index contributed by atoms with van der Waals surface area (Å²) < 4.78 is 0.598. The molecule has 2 rings (SSSR count). The van der Waals surface area contributed by atoms with Crippen LogP contribution in [0, 0.1) is 0 Å². The molecule has 1 saturated heterocycles. The van der Waals surface area contributed by atoms with Gasteiger partial charge in [-0.1, -0.05) is 0 Å². The monoisotopic (exact) mass is 312 g/mol. The maximum Gasteiger partial charge on any atom is 0.254 e. The van der Waals surface area contributed by atoms with Crippen LogP contribution < -0.4 is 5.32 Å². The van der Waals surface area contributed by atoms with Crippen LogP contribution in [0.4, 0.5) is 0 Å². The second-order valence-corrected chi connectivity index (χ2v) is 5.70. The summed E-state index contributed by atoms with van der Waals surface area (Å²) >= 11 is 3.21. The normalized spacial score (nSPS) is 24.1. The lowest BCUT2D eigenvalue weighted by Crippen LogP contribution is -2.55. The molecule has 1 aromatic carbocycles. The molecule has 1 fully saturated rings. The molecule has 0 aliphatic carbocycles. The van der Waals surface area contributed by atoms with Gasteiger partial charge in [-0.2, -0.15) is 0 Å². The number of carbonyl (C=O) groups is 1. The van der Waals surface area contributed by atoms with E-state index in [1.165, 1.54) is 6.07 Å². The van der Waals surface area contributed by atoms with E-state index in [9.17, 15) is 9.90 Å². The fourth-order valence-electron chi connectivity index (χ4n) is 2.32. The van der Waals surface area contributed by atoms with Crippen LogP contribution >= 0.6 is 15.9 Å². The number of phenols is 1. The molecule has 1 heterocycles. The van der Waals surface area contributed by atoms with Crippen molar-refractivity contribution in [1.29, 1.82) is 0 Å². The van der Waals surface area contributed by atoms with E-state index in [1.54, 1.807) is 12.1 Å². The Balaban J connectivity index is 2.17. The van der Waals surface area contributed by atoms with Crippen LogP contribution in [-0.4, -0.2) is 41.1 Å². The highest BCUT2D eigenvalue weighted by molar-refractivity contribution is 9.10. The number of piperazine rings is 1. The molecule has 0 spiro atoms. The predicted molar refractivity (Wildman–Crippen MR) is 73.8 cm³/mol. The summed E-state index contributed by atoms with van der Waals surface area (Å²) in [5.74, 6) is 0.0649. The van der Waals surface area contributed by atoms with Crippen LogP contribution in [0.3, 0.4) is 0 Å². The summed E-state index contributed by atoms with van der Waals surface area (Å²) in [5.41, 5.74) is 0.525. The molecule has 0 radical (unpaired) electrons. The molecule has 0 bridgehead atoms. The van der Waals surface area contributed by atoms with Crippen molar-refractivity contribution in [3.8, 4) is 5.75 Å². The van der Waals surface area contributed by atoms with Crippen LogP contribution in [0.2, 0.25) is 0 Å². The first kappa shape index (κ1) is 13.4. The highest BCUT2D eigenvalue weighted by atomic mass is 79.9.